The Morgan fingerprint density at radius 2 is 2.19 bits per heavy atom. The molecule has 3 atom stereocenters. The van der Waals surface area contributed by atoms with Crippen LogP contribution in [-0.4, -0.2) is 29.7 Å². The molecule has 0 unspecified atom stereocenters. The van der Waals surface area contributed by atoms with Crippen LogP contribution in [0.1, 0.15) is 38.2 Å². The van der Waals surface area contributed by atoms with Crippen LogP contribution < -0.4 is 0 Å². The molecule has 21 heavy (non-hydrogen) atoms. The lowest BCUT2D eigenvalue weighted by Gasteiger charge is -2.46. The maximum absolute atomic E-state index is 5.04. The van der Waals surface area contributed by atoms with Gasteiger partial charge in [0.15, 0.2) is 0 Å². The Morgan fingerprint density at radius 3 is 3.10 bits per heavy atom. The van der Waals surface area contributed by atoms with Gasteiger partial charge in [-0.3, -0.25) is 9.89 Å². The number of benzene rings is 1. The molecule has 1 saturated carbocycles. The minimum Gasteiger partial charge on any atom is -0.295 e. The monoisotopic (exact) mass is 278 g/mol. The van der Waals surface area contributed by atoms with E-state index in [1.165, 1.54) is 55.7 Å². The van der Waals surface area contributed by atoms with Gasteiger partial charge in [0.25, 0.3) is 0 Å². The highest BCUT2D eigenvalue weighted by Gasteiger charge is 2.58. The second-order valence-electron chi connectivity index (χ2n) is 7.10. The SMILES string of the molecule is CC[C@@H]1C=C2CCC3=Nc4ccccc4[C@]34CCN(C1)[C@H]24. The minimum absolute atomic E-state index is 0.222. The summed E-state index contributed by atoms with van der Waals surface area (Å²) in [6, 6.07) is 9.48. The van der Waals surface area contributed by atoms with Crippen LogP contribution in [0.2, 0.25) is 0 Å². The Kier molecular flexibility index (Phi) is 2.36. The molecule has 1 saturated heterocycles. The molecule has 2 fully saturated rings. The van der Waals surface area contributed by atoms with Gasteiger partial charge in [-0.1, -0.05) is 36.8 Å². The fraction of sp³-hybridized carbons (Fsp3) is 0.526. The van der Waals surface area contributed by atoms with Gasteiger partial charge < -0.3 is 0 Å². The Labute approximate surface area is 126 Å². The number of aliphatic imine (C=N–C) groups is 1. The van der Waals surface area contributed by atoms with E-state index >= 15 is 0 Å². The van der Waals surface area contributed by atoms with Crippen molar-refractivity contribution in [2.75, 3.05) is 13.1 Å². The summed E-state index contributed by atoms with van der Waals surface area (Å²) in [5.74, 6) is 0.765. The summed E-state index contributed by atoms with van der Waals surface area (Å²) in [5.41, 5.74) is 6.16. The maximum atomic E-state index is 5.04. The molecule has 0 amide bonds. The van der Waals surface area contributed by atoms with Crippen LogP contribution in [0.25, 0.3) is 0 Å². The van der Waals surface area contributed by atoms with Crippen molar-refractivity contribution >= 4 is 11.4 Å². The van der Waals surface area contributed by atoms with E-state index in [0.29, 0.717) is 6.04 Å². The van der Waals surface area contributed by atoms with Crippen LogP contribution in [0.15, 0.2) is 40.9 Å². The summed E-state index contributed by atoms with van der Waals surface area (Å²) < 4.78 is 0. The van der Waals surface area contributed by atoms with Crippen LogP contribution in [0.5, 0.6) is 0 Å². The smallest absolute Gasteiger partial charge is 0.0671 e. The van der Waals surface area contributed by atoms with Crippen LogP contribution >= 0.6 is 0 Å². The summed E-state index contributed by atoms with van der Waals surface area (Å²) in [6.07, 6.45) is 7.55. The van der Waals surface area contributed by atoms with Crippen molar-refractivity contribution in [2.24, 2.45) is 10.9 Å². The van der Waals surface area contributed by atoms with Crippen molar-refractivity contribution in [3.05, 3.63) is 41.5 Å². The van der Waals surface area contributed by atoms with Gasteiger partial charge in [-0.2, -0.15) is 0 Å². The molecule has 0 N–H and O–H groups in total. The van der Waals surface area contributed by atoms with E-state index < -0.39 is 0 Å². The normalized spacial score (nSPS) is 36.6. The molecule has 2 nitrogen and oxygen atoms in total. The van der Waals surface area contributed by atoms with E-state index in [9.17, 15) is 0 Å². The van der Waals surface area contributed by atoms with Gasteiger partial charge in [-0.15, -0.1) is 0 Å². The van der Waals surface area contributed by atoms with E-state index in [0.717, 1.165) is 5.92 Å². The summed E-state index contributed by atoms with van der Waals surface area (Å²) in [5, 5.41) is 0. The van der Waals surface area contributed by atoms with Crippen molar-refractivity contribution in [2.45, 2.75) is 44.1 Å². The minimum atomic E-state index is 0.222. The van der Waals surface area contributed by atoms with Crippen molar-refractivity contribution in [3.8, 4) is 0 Å². The quantitative estimate of drug-likeness (QED) is 0.713. The van der Waals surface area contributed by atoms with E-state index in [1.807, 2.05) is 0 Å². The Bertz CT molecular complexity index is 672. The largest absolute Gasteiger partial charge is 0.295 e. The Hall–Kier alpha value is -1.41. The average Bonchev–Trinajstić information content (AvgIpc) is 3.07. The standard InChI is InChI=1S/C19H22N2/c1-2-13-11-14-7-8-17-19(9-10-21(12-13)18(14)19)15-5-3-4-6-16(15)20-17/h3-6,11,13,18H,2,7-10,12H2,1H3/t13-,18-,19-/m1/s1. The molecule has 0 bridgehead atoms. The van der Waals surface area contributed by atoms with E-state index in [-0.39, 0.29) is 5.41 Å². The molecule has 3 heterocycles. The van der Waals surface area contributed by atoms with Crippen LogP contribution in [-0.2, 0) is 5.41 Å². The molecule has 1 aromatic carbocycles. The number of hydrogen-bond donors (Lipinski definition) is 0. The zero-order valence-corrected chi connectivity index (χ0v) is 12.7. The van der Waals surface area contributed by atoms with E-state index in [1.54, 1.807) is 5.57 Å². The average molecular weight is 278 g/mol. The topological polar surface area (TPSA) is 15.6 Å². The van der Waals surface area contributed by atoms with Gasteiger partial charge in [0.05, 0.1) is 11.1 Å². The molecular formula is C19H22N2. The predicted molar refractivity (Wildman–Crippen MR) is 86.3 cm³/mol. The molecule has 2 heteroatoms. The first-order valence-electron chi connectivity index (χ1n) is 8.45. The third-order valence-corrected chi connectivity index (χ3v) is 6.23. The number of para-hydroxylation sites is 1. The highest BCUT2D eigenvalue weighted by molar-refractivity contribution is 6.04. The lowest BCUT2D eigenvalue weighted by Crippen LogP contribution is -2.53. The van der Waals surface area contributed by atoms with Gasteiger partial charge in [0, 0.05) is 24.8 Å². The van der Waals surface area contributed by atoms with Gasteiger partial charge >= 0.3 is 0 Å². The van der Waals surface area contributed by atoms with E-state index in [2.05, 4.69) is 42.2 Å². The zero-order chi connectivity index (χ0) is 14.0. The van der Waals surface area contributed by atoms with Crippen molar-refractivity contribution in [1.82, 2.24) is 4.90 Å². The third-order valence-electron chi connectivity index (χ3n) is 6.23. The van der Waals surface area contributed by atoms with Gasteiger partial charge in [-0.05, 0) is 43.2 Å². The molecule has 1 aromatic rings. The number of nitrogens with zero attached hydrogens (tertiary/aromatic N) is 2. The number of fused-ring (bicyclic) bond motifs is 1. The molecular weight excluding hydrogens is 256 g/mol. The predicted octanol–water partition coefficient (Wildman–Crippen LogP) is 3.84. The first-order valence-corrected chi connectivity index (χ1v) is 8.45. The second kappa shape index (κ2) is 4.07. The first kappa shape index (κ1) is 12.2. The number of rotatable bonds is 1. The molecule has 1 spiro atoms. The summed E-state index contributed by atoms with van der Waals surface area (Å²) in [7, 11) is 0. The molecule has 5 rings (SSSR count). The first-order chi connectivity index (χ1) is 10.3. The molecule has 0 aromatic heterocycles. The van der Waals surface area contributed by atoms with Gasteiger partial charge in [0.1, 0.15) is 0 Å². The third kappa shape index (κ3) is 1.39. The van der Waals surface area contributed by atoms with E-state index in [4.69, 9.17) is 4.99 Å². The van der Waals surface area contributed by atoms with Crippen LogP contribution in [0.3, 0.4) is 0 Å². The second-order valence-corrected chi connectivity index (χ2v) is 7.10. The molecule has 1 aliphatic carbocycles. The highest BCUT2D eigenvalue weighted by atomic mass is 15.2. The lowest BCUT2D eigenvalue weighted by molar-refractivity contribution is 0.207. The summed E-state index contributed by atoms with van der Waals surface area (Å²) >= 11 is 0. The van der Waals surface area contributed by atoms with Crippen LogP contribution in [0, 0.1) is 5.92 Å². The molecule has 108 valence electrons. The fourth-order valence-corrected chi connectivity index (χ4v) is 5.33. The molecule has 3 aliphatic heterocycles. The molecule has 0 radical (unpaired) electrons. The Balaban J connectivity index is 1.71. The number of hydrogen-bond acceptors (Lipinski definition) is 2. The van der Waals surface area contributed by atoms with Crippen molar-refractivity contribution < 1.29 is 0 Å². The van der Waals surface area contributed by atoms with Crippen LogP contribution in [0.4, 0.5) is 5.69 Å². The maximum Gasteiger partial charge on any atom is 0.0671 e. The van der Waals surface area contributed by atoms with Crippen molar-refractivity contribution in [1.29, 1.82) is 0 Å². The molecule has 4 aliphatic rings. The summed E-state index contributed by atoms with van der Waals surface area (Å²) in [4.78, 5) is 7.80. The van der Waals surface area contributed by atoms with Gasteiger partial charge in [0.2, 0.25) is 0 Å². The summed E-state index contributed by atoms with van der Waals surface area (Å²) in [6.45, 7) is 4.82. The highest BCUT2D eigenvalue weighted by Crippen LogP contribution is 2.56. The lowest BCUT2D eigenvalue weighted by atomic mass is 9.63. The zero-order valence-electron chi connectivity index (χ0n) is 12.7. The Morgan fingerprint density at radius 1 is 1.29 bits per heavy atom. The fourth-order valence-electron chi connectivity index (χ4n) is 5.33. The van der Waals surface area contributed by atoms with Gasteiger partial charge in [-0.25, -0.2) is 0 Å². The van der Waals surface area contributed by atoms with Crippen molar-refractivity contribution in [3.63, 3.8) is 0 Å².